The molecule has 0 aliphatic carbocycles. The molecule has 3 aromatic heterocycles. The highest BCUT2D eigenvalue weighted by atomic mass is 32.1. The maximum absolute atomic E-state index is 12.6. The monoisotopic (exact) mass is 450 g/mol. The van der Waals surface area contributed by atoms with Crippen LogP contribution in [0.25, 0.3) is 11.4 Å². The maximum Gasteiger partial charge on any atom is 0.471 e. The number of pyridine rings is 1. The summed E-state index contributed by atoms with van der Waals surface area (Å²) in [6, 6.07) is 3.05. The van der Waals surface area contributed by atoms with Gasteiger partial charge in [-0.3, -0.25) is 14.6 Å². The predicted molar refractivity (Wildman–Crippen MR) is 105 cm³/mol. The van der Waals surface area contributed by atoms with Crippen LogP contribution >= 0.6 is 11.3 Å². The molecule has 4 rings (SSSR count). The summed E-state index contributed by atoms with van der Waals surface area (Å²) in [6.45, 7) is 0.503. The number of thiazole rings is 1. The molecule has 0 atom stereocenters. The van der Waals surface area contributed by atoms with Gasteiger partial charge in [0.1, 0.15) is 11.4 Å². The molecule has 0 fully saturated rings. The van der Waals surface area contributed by atoms with Crippen LogP contribution in [-0.2, 0) is 19.3 Å². The van der Waals surface area contributed by atoms with Crippen molar-refractivity contribution in [3.05, 3.63) is 66.9 Å². The molecule has 4 aromatic rings. The van der Waals surface area contributed by atoms with Crippen molar-refractivity contribution < 1.29 is 17.7 Å². The molecule has 3 heterocycles. The van der Waals surface area contributed by atoms with Crippen LogP contribution in [0.2, 0.25) is 0 Å². The van der Waals surface area contributed by atoms with Crippen molar-refractivity contribution in [1.82, 2.24) is 20.1 Å². The zero-order valence-corrected chi connectivity index (χ0v) is 16.6. The number of halogens is 3. The minimum Gasteiger partial charge on any atom is -0.374 e. The van der Waals surface area contributed by atoms with E-state index >= 15 is 0 Å². The fourth-order valence-corrected chi connectivity index (χ4v) is 3.40. The molecule has 160 valence electrons. The van der Waals surface area contributed by atoms with Gasteiger partial charge in [-0.2, -0.15) is 18.2 Å². The van der Waals surface area contributed by atoms with Gasteiger partial charge < -0.3 is 14.7 Å². The minimum absolute atomic E-state index is 0.191. The molecule has 0 unspecified atom stereocenters. The van der Waals surface area contributed by atoms with E-state index in [0.29, 0.717) is 12.2 Å². The number of anilines is 2. The largest absolute Gasteiger partial charge is 0.471 e. The number of nitrogens with zero attached hydrogens (tertiary/aromatic N) is 5. The first-order valence-corrected chi connectivity index (χ1v) is 9.70. The Hall–Kier alpha value is -3.61. The van der Waals surface area contributed by atoms with Gasteiger partial charge >= 0.3 is 12.1 Å². The highest BCUT2D eigenvalue weighted by Crippen LogP contribution is 2.29. The van der Waals surface area contributed by atoms with Crippen molar-refractivity contribution >= 4 is 22.7 Å². The zero-order valence-electron chi connectivity index (χ0n) is 15.8. The van der Waals surface area contributed by atoms with Gasteiger partial charge in [0.05, 0.1) is 30.0 Å². The Balaban J connectivity index is 1.45. The first-order chi connectivity index (χ1) is 14.7. The Morgan fingerprint density at radius 1 is 1.16 bits per heavy atom. The Bertz CT molecular complexity index is 1260. The Morgan fingerprint density at radius 2 is 1.97 bits per heavy atom. The van der Waals surface area contributed by atoms with Crippen LogP contribution < -0.4 is 21.1 Å². The zero-order chi connectivity index (χ0) is 22.2. The average Bonchev–Trinajstić information content (AvgIpc) is 3.42. The van der Waals surface area contributed by atoms with Crippen LogP contribution in [0.5, 0.6) is 0 Å². The number of hydrogen-bond donors (Lipinski definition) is 1. The molecule has 13 heteroatoms. The summed E-state index contributed by atoms with van der Waals surface area (Å²) in [7, 11) is 1.63. The highest BCUT2D eigenvalue weighted by molar-refractivity contribution is 7.07. The van der Waals surface area contributed by atoms with Gasteiger partial charge in [-0.15, -0.1) is 11.3 Å². The summed E-state index contributed by atoms with van der Waals surface area (Å²) in [4.78, 5) is 37.1. The molecule has 0 amide bonds. The quantitative estimate of drug-likeness (QED) is 0.424. The van der Waals surface area contributed by atoms with Crippen LogP contribution in [-0.4, -0.2) is 27.2 Å². The number of hydrogen-bond acceptors (Lipinski definition) is 10. The molecule has 0 saturated heterocycles. The van der Waals surface area contributed by atoms with Crippen LogP contribution in [0.4, 0.5) is 24.5 Å². The summed E-state index contributed by atoms with van der Waals surface area (Å²) in [5.74, 6) is -1.68. The van der Waals surface area contributed by atoms with E-state index in [1.807, 2.05) is 5.38 Å². The van der Waals surface area contributed by atoms with Crippen LogP contribution in [0.3, 0.4) is 0 Å². The first kappa shape index (κ1) is 20.7. The molecule has 9 nitrogen and oxygen atoms in total. The third-order valence-electron chi connectivity index (χ3n) is 4.35. The van der Waals surface area contributed by atoms with E-state index in [1.54, 1.807) is 23.5 Å². The summed E-state index contributed by atoms with van der Waals surface area (Å²) in [5, 5.41) is 8.07. The van der Waals surface area contributed by atoms with Crippen molar-refractivity contribution in [1.29, 1.82) is 0 Å². The van der Waals surface area contributed by atoms with E-state index in [1.165, 1.54) is 23.6 Å². The minimum atomic E-state index is -4.73. The molecule has 1 N–H and O–H groups in total. The van der Waals surface area contributed by atoms with Gasteiger partial charge in [0.15, 0.2) is 0 Å². The average molecular weight is 450 g/mol. The standard InChI is InChI=1S/C18H13F3N6O3S/c1-27(13-12(14(28)15(13)29)23-5-11-7-31-8-24-11)6-10-3-2-9(4-22-10)16-25-17(30-26-16)18(19,20)21/h2-4,7-8,23H,5-6H2,1H3. The van der Waals surface area contributed by atoms with Crippen LogP contribution in [0.1, 0.15) is 17.3 Å². The number of nitrogens with one attached hydrogen (secondary N) is 1. The molecule has 31 heavy (non-hydrogen) atoms. The van der Waals surface area contributed by atoms with Crippen molar-refractivity contribution in [2.45, 2.75) is 19.3 Å². The third-order valence-corrected chi connectivity index (χ3v) is 4.98. The maximum atomic E-state index is 12.6. The lowest BCUT2D eigenvalue weighted by molar-refractivity contribution is -0.159. The Morgan fingerprint density at radius 3 is 2.58 bits per heavy atom. The molecule has 1 aromatic carbocycles. The molecular formula is C18H13F3N6O3S. The lowest BCUT2D eigenvalue weighted by Gasteiger charge is -2.23. The summed E-state index contributed by atoms with van der Waals surface area (Å²) >= 11 is 1.42. The second kappa shape index (κ2) is 7.91. The summed E-state index contributed by atoms with van der Waals surface area (Å²) in [6.07, 6.45) is -3.43. The number of aromatic nitrogens is 4. The van der Waals surface area contributed by atoms with Crippen molar-refractivity contribution in [3.8, 4) is 11.4 Å². The second-order valence-electron chi connectivity index (χ2n) is 6.53. The van der Waals surface area contributed by atoms with Gasteiger partial charge in [-0.25, -0.2) is 4.98 Å². The van der Waals surface area contributed by atoms with Crippen LogP contribution in [0, 0.1) is 0 Å². The molecule has 0 saturated carbocycles. The predicted octanol–water partition coefficient (Wildman–Crippen LogP) is 2.45. The van der Waals surface area contributed by atoms with Crippen molar-refractivity contribution in [2.24, 2.45) is 0 Å². The Labute approximate surface area is 175 Å². The molecule has 0 spiro atoms. The van der Waals surface area contributed by atoms with E-state index in [0.717, 1.165) is 5.69 Å². The molecule has 0 radical (unpaired) electrons. The van der Waals surface area contributed by atoms with Crippen molar-refractivity contribution in [2.75, 3.05) is 17.3 Å². The molecule has 0 bridgehead atoms. The first-order valence-electron chi connectivity index (χ1n) is 8.75. The van der Waals surface area contributed by atoms with Gasteiger partial charge in [0, 0.05) is 24.2 Å². The third kappa shape index (κ3) is 4.17. The van der Waals surface area contributed by atoms with Gasteiger partial charge in [0.2, 0.25) is 5.82 Å². The van der Waals surface area contributed by atoms with E-state index in [4.69, 9.17) is 0 Å². The summed E-state index contributed by atoms with van der Waals surface area (Å²) < 4.78 is 42.0. The van der Waals surface area contributed by atoms with Gasteiger partial charge in [-0.1, -0.05) is 5.16 Å². The van der Waals surface area contributed by atoms with Crippen molar-refractivity contribution in [3.63, 3.8) is 0 Å². The fourth-order valence-electron chi connectivity index (χ4n) is 2.84. The molecular weight excluding hydrogens is 437 g/mol. The molecule has 0 aliphatic rings. The normalized spacial score (nSPS) is 11.7. The fraction of sp³-hybridized carbons (Fsp3) is 0.222. The number of rotatable bonds is 7. The van der Waals surface area contributed by atoms with E-state index in [2.05, 4.69) is 29.9 Å². The Kier molecular flexibility index (Phi) is 5.27. The second-order valence-corrected chi connectivity index (χ2v) is 7.25. The van der Waals surface area contributed by atoms with Gasteiger partial charge in [0.25, 0.3) is 10.9 Å². The lowest BCUT2D eigenvalue weighted by atomic mass is 10.1. The number of alkyl halides is 3. The lowest BCUT2D eigenvalue weighted by Crippen LogP contribution is -2.41. The van der Waals surface area contributed by atoms with E-state index in [-0.39, 0.29) is 29.3 Å². The smallest absolute Gasteiger partial charge is 0.374 e. The topological polar surface area (TPSA) is 114 Å². The van der Waals surface area contributed by atoms with E-state index < -0.39 is 22.9 Å². The highest BCUT2D eigenvalue weighted by Gasteiger charge is 2.38. The SMILES string of the molecule is CN(Cc1ccc(-c2noc(C(F)(F)F)n2)cn1)c1c(NCc2cscn2)c(=O)c1=O. The van der Waals surface area contributed by atoms with Crippen LogP contribution in [0.15, 0.2) is 43.3 Å². The van der Waals surface area contributed by atoms with Gasteiger partial charge in [-0.05, 0) is 12.1 Å². The summed E-state index contributed by atoms with van der Waals surface area (Å²) in [5.41, 5.74) is 2.42. The van der Waals surface area contributed by atoms with E-state index in [9.17, 15) is 22.8 Å². The molecule has 0 aliphatic heterocycles.